The number of aryl methyl sites for hydroxylation is 2. The van der Waals surface area contributed by atoms with E-state index >= 15 is 0 Å². The van der Waals surface area contributed by atoms with Crippen LogP contribution in [-0.4, -0.2) is 19.7 Å². The van der Waals surface area contributed by atoms with Crippen LogP contribution in [0.15, 0.2) is 18.2 Å². The molecule has 0 heterocycles. The quantitative estimate of drug-likeness (QED) is 0.745. The lowest BCUT2D eigenvalue weighted by molar-refractivity contribution is 0.206. The minimum absolute atomic E-state index is 0.287. The SMILES string of the molecule is CNCCCC(C)Oc1ccc(C)cc1C. The van der Waals surface area contributed by atoms with Crippen molar-refractivity contribution in [1.29, 1.82) is 0 Å². The highest BCUT2D eigenvalue weighted by atomic mass is 16.5. The van der Waals surface area contributed by atoms with Gasteiger partial charge in [-0.05, 0) is 58.8 Å². The fourth-order valence-corrected chi connectivity index (χ4v) is 1.77. The fourth-order valence-electron chi connectivity index (χ4n) is 1.77. The van der Waals surface area contributed by atoms with E-state index in [4.69, 9.17) is 4.74 Å². The first kappa shape index (κ1) is 13.0. The summed E-state index contributed by atoms with van der Waals surface area (Å²) in [5.41, 5.74) is 2.51. The van der Waals surface area contributed by atoms with E-state index < -0.39 is 0 Å². The number of benzene rings is 1. The third kappa shape index (κ3) is 4.23. The van der Waals surface area contributed by atoms with E-state index in [1.807, 2.05) is 7.05 Å². The summed E-state index contributed by atoms with van der Waals surface area (Å²) in [4.78, 5) is 0. The Morgan fingerprint density at radius 1 is 1.31 bits per heavy atom. The Morgan fingerprint density at radius 3 is 2.69 bits per heavy atom. The second-order valence-electron chi connectivity index (χ2n) is 4.44. The molecule has 0 saturated heterocycles. The normalized spacial score (nSPS) is 12.5. The highest BCUT2D eigenvalue weighted by Gasteiger charge is 2.05. The van der Waals surface area contributed by atoms with E-state index in [9.17, 15) is 0 Å². The summed E-state index contributed by atoms with van der Waals surface area (Å²) < 4.78 is 5.92. The molecule has 2 heteroatoms. The van der Waals surface area contributed by atoms with Gasteiger partial charge in [0.25, 0.3) is 0 Å². The van der Waals surface area contributed by atoms with Crippen molar-refractivity contribution >= 4 is 0 Å². The van der Waals surface area contributed by atoms with Gasteiger partial charge in [0.2, 0.25) is 0 Å². The Morgan fingerprint density at radius 2 is 2.06 bits per heavy atom. The molecule has 1 unspecified atom stereocenters. The number of rotatable bonds is 6. The zero-order valence-electron chi connectivity index (χ0n) is 10.8. The summed E-state index contributed by atoms with van der Waals surface area (Å²) in [5, 5.41) is 3.15. The molecule has 1 rings (SSSR count). The molecule has 0 fully saturated rings. The Labute approximate surface area is 99.0 Å². The summed E-state index contributed by atoms with van der Waals surface area (Å²) in [6, 6.07) is 6.33. The van der Waals surface area contributed by atoms with E-state index in [1.54, 1.807) is 0 Å². The van der Waals surface area contributed by atoms with Gasteiger partial charge in [0.1, 0.15) is 5.75 Å². The van der Waals surface area contributed by atoms with Crippen molar-refractivity contribution in [2.24, 2.45) is 0 Å². The van der Waals surface area contributed by atoms with Crippen LogP contribution in [0.2, 0.25) is 0 Å². The Bertz CT molecular complexity index is 323. The zero-order valence-corrected chi connectivity index (χ0v) is 10.8. The molecule has 0 aliphatic rings. The molecule has 16 heavy (non-hydrogen) atoms. The maximum absolute atomic E-state index is 5.92. The van der Waals surface area contributed by atoms with E-state index in [2.05, 4.69) is 44.3 Å². The standard InChI is InChI=1S/C14H23NO/c1-11-7-8-14(12(2)10-11)16-13(3)6-5-9-15-4/h7-8,10,13,15H,5-6,9H2,1-4H3. The predicted octanol–water partition coefficient (Wildman–Crippen LogP) is 3.07. The molecule has 0 spiro atoms. The first-order chi connectivity index (χ1) is 7.63. The molecule has 1 atom stereocenters. The van der Waals surface area contributed by atoms with Crippen LogP contribution in [0.3, 0.4) is 0 Å². The van der Waals surface area contributed by atoms with Crippen molar-refractivity contribution in [2.45, 2.75) is 39.7 Å². The first-order valence-corrected chi connectivity index (χ1v) is 6.02. The zero-order chi connectivity index (χ0) is 12.0. The van der Waals surface area contributed by atoms with Crippen LogP contribution in [-0.2, 0) is 0 Å². The lowest BCUT2D eigenvalue weighted by atomic mass is 10.1. The summed E-state index contributed by atoms with van der Waals surface area (Å²) in [5.74, 6) is 1.02. The molecule has 0 radical (unpaired) electrons. The van der Waals surface area contributed by atoms with Crippen molar-refractivity contribution in [3.63, 3.8) is 0 Å². The van der Waals surface area contributed by atoms with E-state index in [-0.39, 0.29) is 6.10 Å². The molecule has 2 nitrogen and oxygen atoms in total. The van der Waals surface area contributed by atoms with Gasteiger partial charge in [0.15, 0.2) is 0 Å². The van der Waals surface area contributed by atoms with Gasteiger partial charge in [-0.1, -0.05) is 17.7 Å². The molecule has 0 saturated carbocycles. The second kappa shape index (κ2) is 6.54. The smallest absolute Gasteiger partial charge is 0.122 e. The van der Waals surface area contributed by atoms with Gasteiger partial charge < -0.3 is 10.1 Å². The summed E-state index contributed by atoms with van der Waals surface area (Å²) in [7, 11) is 1.98. The predicted molar refractivity (Wildman–Crippen MR) is 69.2 cm³/mol. The molecule has 0 bridgehead atoms. The number of ether oxygens (including phenoxy) is 1. The van der Waals surface area contributed by atoms with Crippen molar-refractivity contribution < 1.29 is 4.74 Å². The average molecular weight is 221 g/mol. The van der Waals surface area contributed by atoms with E-state index in [0.29, 0.717) is 0 Å². The average Bonchev–Trinajstić information content (AvgIpc) is 2.23. The highest BCUT2D eigenvalue weighted by Crippen LogP contribution is 2.20. The highest BCUT2D eigenvalue weighted by molar-refractivity contribution is 5.35. The molecule has 1 aromatic rings. The van der Waals surface area contributed by atoms with E-state index in [1.165, 1.54) is 11.1 Å². The molecule has 0 aliphatic carbocycles. The van der Waals surface area contributed by atoms with Crippen molar-refractivity contribution in [3.05, 3.63) is 29.3 Å². The molecule has 0 amide bonds. The third-order valence-corrected chi connectivity index (χ3v) is 2.70. The van der Waals surface area contributed by atoms with Gasteiger partial charge in [0, 0.05) is 0 Å². The summed E-state index contributed by atoms with van der Waals surface area (Å²) in [6.45, 7) is 7.39. The maximum Gasteiger partial charge on any atom is 0.122 e. The van der Waals surface area contributed by atoms with Gasteiger partial charge in [-0.25, -0.2) is 0 Å². The second-order valence-corrected chi connectivity index (χ2v) is 4.44. The van der Waals surface area contributed by atoms with Gasteiger partial charge >= 0.3 is 0 Å². The maximum atomic E-state index is 5.92. The van der Waals surface area contributed by atoms with Crippen molar-refractivity contribution in [1.82, 2.24) is 5.32 Å². The summed E-state index contributed by atoms with van der Waals surface area (Å²) in [6.07, 6.45) is 2.53. The Hall–Kier alpha value is -1.02. The largest absolute Gasteiger partial charge is 0.490 e. The molecular formula is C14H23NO. The molecular weight excluding hydrogens is 198 g/mol. The lowest BCUT2D eigenvalue weighted by Crippen LogP contribution is -2.16. The minimum atomic E-state index is 0.287. The fraction of sp³-hybridized carbons (Fsp3) is 0.571. The minimum Gasteiger partial charge on any atom is -0.490 e. The van der Waals surface area contributed by atoms with Crippen LogP contribution in [0.25, 0.3) is 0 Å². The van der Waals surface area contributed by atoms with Gasteiger partial charge in [-0.2, -0.15) is 0 Å². The van der Waals surface area contributed by atoms with Crippen molar-refractivity contribution in [3.8, 4) is 5.75 Å². The van der Waals surface area contributed by atoms with Crippen LogP contribution in [0, 0.1) is 13.8 Å². The third-order valence-electron chi connectivity index (χ3n) is 2.70. The number of hydrogen-bond acceptors (Lipinski definition) is 2. The van der Waals surface area contributed by atoms with Crippen LogP contribution < -0.4 is 10.1 Å². The summed E-state index contributed by atoms with van der Waals surface area (Å²) >= 11 is 0. The van der Waals surface area contributed by atoms with Gasteiger partial charge in [0.05, 0.1) is 6.10 Å². The molecule has 0 aromatic heterocycles. The van der Waals surface area contributed by atoms with Gasteiger partial charge in [-0.15, -0.1) is 0 Å². The van der Waals surface area contributed by atoms with Gasteiger partial charge in [-0.3, -0.25) is 0 Å². The van der Waals surface area contributed by atoms with Crippen molar-refractivity contribution in [2.75, 3.05) is 13.6 Å². The molecule has 90 valence electrons. The topological polar surface area (TPSA) is 21.3 Å². The Kier molecular flexibility index (Phi) is 5.33. The van der Waals surface area contributed by atoms with Crippen LogP contribution in [0.1, 0.15) is 30.9 Å². The Balaban J connectivity index is 2.46. The van der Waals surface area contributed by atoms with Crippen LogP contribution in [0.5, 0.6) is 5.75 Å². The lowest BCUT2D eigenvalue weighted by Gasteiger charge is -2.16. The molecule has 0 aliphatic heterocycles. The number of hydrogen-bond donors (Lipinski definition) is 1. The molecule has 1 aromatic carbocycles. The first-order valence-electron chi connectivity index (χ1n) is 6.02. The van der Waals surface area contributed by atoms with Crippen LogP contribution in [0.4, 0.5) is 0 Å². The molecule has 1 N–H and O–H groups in total. The van der Waals surface area contributed by atoms with Crippen LogP contribution >= 0.6 is 0 Å². The van der Waals surface area contributed by atoms with E-state index in [0.717, 1.165) is 25.1 Å². The monoisotopic (exact) mass is 221 g/mol. The number of nitrogens with one attached hydrogen (secondary N) is 1.